The zero-order chi connectivity index (χ0) is 20.7. The number of carbonyl (C=O) groups excluding carboxylic acids is 1. The molecule has 2 aromatic carbocycles. The molecule has 1 unspecified atom stereocenters. The molecule has 0 heterocycles. The number of ketones is 1. The van der Waals surface area contributed by atoms with Crippen LogP contribution in [0.15, 0.2) is 48.0 Å². The minimum atomic E-state index is -5.42. The summed E-state index contributed by atoms with van der Waals surface area (Å²) < 4.78 is 78.0. The molecule has 28 heavy (non-hydrogen) atoms. The van der Waals surface area contributed by atoms with E-state index in [1.807, 2.05) is 30.3 Å². The molecule has 0 aromatic heterocycles. The minimum Gasteiger partial charge on any atom is -0.722 e. The summed E-state index contributed by atoms with van der Waals surface area (Å²) in [7, 11) is -8.63. The van der Waals surface area contributed by atoms with Crippen LogP contribution in [0.2, 0.25) is 0 Å². The lowest BCUT2D eigenvalue weighted by atomic mass is 9.80. The summed E-state index contributed by atoms with van der Waals surface area (Å²) in [4.78, 5) is 0. The Morgan fingerprint density at radius 2 is 1.71 bits per heavy atom. The molecule has 0 aliphatic heterocycles. The monoisotopic (exact) mass is 430 g/mol. The highest BCUT2D eigenvalue weighted by Crippen LogP contribution is 2.54. The number of hydrogen-bond donors (Lipinski definition) is 0. The average molecular weight is 430 g/mol. The van der Waals surface area contributed by atoms with Crippen molar-refractivity contribution >= 4 is 37.3 Å². The van der Waals surface area contributed by atoms with Crippen LogP contribution in [0.25, 0.3) is 10.8 Å². The number of hydrogen-bond acceptors (Lipinski definition) is 5. The van der Waals surface area contributed by atoms with Crippen LogP contribution in [0.5, 0.6) is 0 Å². The van der Waals surface area contributed by atoms with Gasteiger partial charge in [0.15, 0.2) is 0 Å². The second kappa shape index (κ2) is 7.02. The molecule has 0 N–H and O–H groups in total. The van der Waals surface area contributed by atoms with Gasteiger partial charge in [-0.15, -0.1) is 7.77 Å². The SMILES string of the molecule is C[O+]=C1C=C2CCCC2(S(=O)(=O)F)c2ccc3ccccc3c21.O=S(=O)([O-])F. The molecular formula is C18H16F2O6S2. The third-order valence-electron chi connectivity index (χ3n) is 5.05. The molecule has 2 aliphatic carbocycles. The molecule has 0 saturated heterocycles. The van der Waals surface area contributed by atoms with Crippen LogP contribution in [-0.2, 0) is 25.5 Å². The van der Waals surface area contributed by atoms with Crippen molar-refractivity contribution in [3.05, 3.63) is 59.2 Å². The third-order valence-corrected chi connectivity index (χ3v) is 6.56. The Morgan fingerprint density at radius 3 is 2.32 bits per heavy atom. The molecule has 0 amide bonds. The van der Waals surface area contributed by atoms with Gasteiger partial charge in [-0.25, -0.2) is 8.42 Å². The lowest BCUT2D eigenvalue weighted by Gasteiger charge is -2.31. The summed E-state index contributed by atoms with van der Waals surface area (Å²) in [5, 5.41) is 1.86. The maximum Gasteiger partial charge on any atom is 0.351 e. The molecule has 6 nitrogen and oxygen atoms in total. The molecule has 150 valence electrons. The van der Waals surface area contributed by atoms with E-state index < -0.39 is 25.5 Å². The van der Waals surface area contributed by atoms with Crippen LogP contribution in [0.1, 0.15) is 34.8 Å². The molecule has 0 bridgehead atoms. The van der Waals surface area contributed by atoms with Crippen LogP contribution in [0.3, 0.4) is 0 Å². The summed E-state index contributed by atoms with van der Waals surface area (Å²) >= 11 is 0. The Bertz CT molecular complexity index is 1210. The summed E-state index contributed by atoms with van der Waals surface area (Å²) in [6, 6.07) is 11.3. The van der Waals surface area contributed by atoms with E-state index in [1.54, 1.807) is 19.3 Å². The quantitative estimate of drug-likeness (QED) is 0.393. The van der Waals surface area contributed by atoms with Gasteiger partial charge in [-0.05, 0) is 41.2 Å². The first-order valence-electron chi connectivity index (χ1n) is 8.23. The van der Waals surface area contributed by atoms with Gasteiger partial charge in [0.1, 0.15) is 4.75 Å². The van der Waals surface area contributed by atoms with Crippen molar-refractivity contribution in [2.45, 2.75) is 24.0 Å². The Balaban J connectivity index is 0.000000403. The van der Waals surface area contributed by atoms with Crippen molar-refractivity contribution in [2.75, 3.05) is 7.11 Å². The van der Waals surface area contributed by atoms with Crippen LogP contribution in [0.4, 0.5) is 7.77 Å². The van der Waals surface area contributed by atoms with E-state index in [4.69, 9.17) is 17.4 Å². The number of benzene rings is 2. The predicted molar refractivity (Wildman–Crippen MR) is 98.6 cm³/mol. The van der Waals surface area contributed by atoms with Gasteiger partial charge in [0.2, 0.25) is 0 Å². The maximum absolute atomic E-state index is 14.4. The standard InChI is InChI=1S/C18H16FO3S.FHO3S/c1-22-16-11-13-6-4-10-18(13,23(19,20)21)15-9-8-12-5-2-3-7-14(12)17(15)16;1-5(2,3)4/h2-3,5,7-9,11H,4,6,10H2,1H3;(H,2,3,4)/q+1;/p-1. The van der Waals surface area contributed by atoms with Gasteiger partial charge in [0.25, 0.3) is 17.6 Å². The number of fused-ring (bicyclic) bond motifs is 5. The fourth-order valence-electron chi connectivity index (χ4n) is 4.06. The molecule has 0 radical (unpaired) electrons. The smallest absolute Gasteiger partial charge is 0.351 e. The minimum absolute atomic E-state index is 0.278. The van der Waals surface area contributed by atoms with Crippen LogP contribution in [0, 0.1) is 0 Å². The average Bonchev–Trinajstić information content (AvgIpc) is 3.04. The molecule has 4 rings (SSSR count). The lowest BCUT2D eigenvalue weighted by molar-refractivity contribution is -0.222. The van der Waals surface area contributed by atoms with E-state index in [1.165, 1.54) is 0 Å². The second-order valence-corrected chi connectivity index (χ2v) is 8.82. The summed E-state index contributed by atoms with van der Waals surface area (Å²) in [6.45, 7) is 0. The fraction of sp³-hybridized carbons (Fsp3) is 0.278. The van der Waals surface area contributed by atoms with E-state index in [2.05, 4.69) is 0 Å². The zero-order valence-electron chi connectivity index (χ0n) is 14.7. The fourth-order valence-corrected chi connectivity index (χ4v) is 5.36. The van der Waals surface area contributed by atoms with Crippen molar-refractivity contribution in [3.63, 3.8) is 0 Å². The highest BCUT2D eigenvalue weighted by Gasteiger charge is 2.56. The molecule has 1 atom stereocenters. The van der Waals surface area contributed by atoms with E-state index in [9.17, 15) is 16.2 Å². The van der Waals surface area contributed by atoms with Gasteiger partial charge in [0, 0.05) is 6.08 Å². The van der Waals surface area contributed by atoms with E-state index >= 15 is 0 Å². The largest absolute Gasteiger partial charge is 0.722 e. The van der Waals surface area contributed by atoms with Crippen molar-refractivity contribution in [3.8, 4) is 0 Å². The van der Waals surface area contributed by atoms with Gasteiger partial charge in [-0.2, -0.15) is 8.42 Å². The van der Waals surface area contributed by atoms with E-state index in [0.717, 1.165) is 10.8 Å². The number of halogens is 2. The number of rotatable bonds is 1. The van der Waals surface area contributed by atoms with E-state index in [0.29, 0.717) is 35.3 Å². The van der Waals surface area contributed by atoms with Gasteiger partial charge in [0.05, 0.1) is 5.56 Å². The van der Waals surface area contributed by atoms with Crippen molar-refractivity contribution in [1.29, 1.82) is 0 Å². The number of allylic oxidation sites excluding steroid dienone is 1. The Labute approximate surface area is 161 Å². The lowest BCUT2D eigenvalue weighted by Crippen LogP contribution is -2.36. The van der Waals surface area contributed by atoms with E-state index in [-0.39, 0.29) is 6.42 Å². The predicted octanol–water partition coefficient (Wildman–Crippen LogP) is 3.22. The molecule has 1 fully saturated rings. The van der Waals surface area contributed by atoms with Crippen LogP contribution >= 0.6 is 0 Å². The first-order valence-corrected chi connectivity index (χ1v) is 10.9. The molecule has 2 aliphatic rings. The van der Waals surface area contributed by atoms with Gasteiger partial charge >= 0.3 is 16.0 Å². The van der Waals surface area contributed by atoms with Gasteiger partial charge in [-0.3, -0.25) is 4.42 Å². The van der Waals surface area contributed by atoms with Gasteiger partial charge < -0.3 is 4.55 Å². The van der Waals surface area contributed by atoms with Gasteiger partial charge in [-0.1, -0.05) is 36.4 Å². The third kappa shape index (κ3) is 3.47. The Morgan fingerprint density at radius 1 is 1.07 bits per heavy atom. The normalized spacial score (nSPS) is 22.9. The zero-order valence-corrected chi connectivity index (χ0v) is 16.3. The highest BCUT2D eigenvalue weighted by atomic mass is 32.3. The first kappa shape index (κ1) is 20.6. The first-order chi connectivity index (χ1) is 13.0. The van der Waals surface area contributed by atoms with Crippen LogP contribution in [-0.4, -0.2) is 34.3 Å². The van der Waals surface area contributed by atoms with Crippen molar-refractivity contribution in [2.24, 2.45) is 0 Å². The molecule has 10 heteroatoms. The molecular weight excluding hydrogens is 414 g/mol. The topological polar surface area (TPSA) is 103 Å². The van der Waals surface area contributed by atoms with Crippen molar-refractivity contribution < 1.29 is 33.6 Å². The molecule has 2 aromatic rings. The maximum atomic E-state index is 14.4. The Hall–Kier alpha value is -2.17. The molecule has 1 saturated carbocycles. The summed E-state index contributed by atoms with van der Waals surface area (Å²) in [6.07, 6.45) is 3.22. The Kier molecular flexibility index (Phi) is 5.15. The molecule has 0 spiro atoms. The van der Waals surface area contributed by atoms with Crippen molar-refractivity contribution in [1.82, 2.24) is 0 Å². The highest BCUT2D eigenvalue weighted by molar-refractivity contribution is 7.87. The summed E-state index contributed by atoms with van der Waals surface area (Å²) in [5.41, 5.74) is 1.79. The second-order valence-electron chi connectivity index (χ2n) is 6.46. The summed E-state index contributed by atoms with van der Waals surface area (Å²) in [5.74, 6) is 0.605. The van der Waals surface area contributed by atoms with Crippen LogP contribution < -0.4 is 0 Å².